The first-order valence-electron chi connectivity index (χ1n) is 5.64. The minimum absolute atomic E-state index is 0.309. The Morgan fingerprint density at radius 2 is 2.33 bits per heavy atom. The largest absolute Gasteiger partial charge is 0.464 e. The first kappa shape index (κ1) is 12.9. The summed E-state index contributed by atoms with van der Waals surface area (Å²) in [7, 11) is 0. The van der Waals surface area contributed by atoms with Crippen LogP contribution in [-0.2, 0) is 9.53 Å². The molecule has 0 saturated heterocycles. The Bertz CT molecular complexity index is 594. The number of benzene rings is 1. The second-order valence-electron chi connectivity index (χ2n) is 3.90. The van der Waals surface area contributed by atoms with E-state index >= 15 is 0 Å². The quantitative estimate of drug-likeness (QED) is 0.884. The van der Waals surface area contributed by atoms with Crippen LogP contribution in [0.15, 0.2) is 22.7 Å². The molecule has 0 radical (unpaired) electrons. The summed E-state index contributed by atoms with van der Waals surface area (Å²) in [6.07, 6.45) is 0. The van der Waals surface area contributed by atoms with E-state index in [0.29, 0.717) is 12.6 Å². The predicted octanol–water partition coefficient (Wildman–Crippen LogP) is 2.51. The van der Waals surface area contributed by atoms with Crippen molar-refractivity contribution in [3.8, 4) is 0 Å². The number of ether oxygens (including phenoxy) is 1. The number of aromatic nitrogens is 2. The van der Waals surface area contributed by atoms with Gasteiger partial charge in [0.25, 0.3) is 0 Å². The van der Waals surface area contributed by atoms with Gasteiger partial charge >= 0.3 is 5.97 Å². The number of carbonyl (C=O) groups is 1. The summed E-state index contributed by atoms with van der Waals surface area (Å²) in [6, 6.07) is 5.13. The number of imidazole rings is 1. The number of hydrogen-bond donors (Lipinski definition) is 1. The normalized spacial score (nSPS) is 12.6. The van der Waals surface area contributed by atoms with Crippen LogP contribution in [0.4, 0.5) is 5.95 Å². The molecule has 0 aliphatic carbocycles. The molecule has 1 unspecified atom stereocenters. The molecule has 2 aromatic rings. The number of nitrogens with two attached hydrogens (primary N) is 1. The number of rotatable bonds is 3. The first-order chi connectivity index (χ1) is 8.54. The van der Waals surface area contributed by atoms with Crippen LogP contribution in [0.2, 0.25) is 0 Å². The van der Waals surface area contributed by atoms with Gasteiger partial charge in [-0.1, -0.05) is 15.9 Å². The van der Waals surface area contributed by atoms with E-state index in [4.69, 9.17) is 10.5 Å². The van der Waals surface area contributed by atoms with Gasteiger partial charge in [-0.2, -0.15) is 0 Å². The van der Waals surface area contributed by atoms with Crippen LogP contribution in [0.5, 0.6) is 0 Å². The fourth-order valence-corrected chi connectivity index (χ4v) is 2.21. The molecule has 1 aromatic carbocycles. The van der Waals surface area contributed by atoms with E-state index in [1.165, 1.54) is 0 Å². The maximum absolute atomic E-state index is 11.8. The lowest BCUT2D eigenvalue weighted by Crippen LogP contribution is -2.20. The fourth-order valence-electron chi connectivity index (χ4n) is 1.87. The van der Waals surface area contributed by atoms with Gasteiger partial charge in [-0.15, -0.1) is 0 Å². The average Bonchev–Trinajstić information content (AvgIpc) is 2.63. The number of anilines is 1. The molecule has 6 heteroatoms. The predicted molar refractivity (Wildman–Crippen MR) is 73.2 cm³/mol. The molecule has 5 nitrogen and oxygen atoms in total. The summed E-state index contributed by atoms with van der Waals surface area (Å²) in [6.45, 7) is 3.87. The molecule has 2 N–H and O–H groups in total. The highest BCUT2D eigenvalue weighted by Gasteiger charge is 2.21. The number of nitrogen functional groups attached to an aromatic ring is 1. The summed E-state index contributed by atoms with van der Waals surface area (Å²) in [5.41, 5.74) is 7.43. The molecular formula is C12H14BrN3O2. The van der Waals surface area contributed by atoms with Crippen molar-refractivity contribution in [3.63, 3.8) is 0 Å². The van der Waals surface area contributed by atoms with E-state index in [-0.39, 0.29) is 5.97 Å². The molecule has 2 rings (SSSR count). The van der Waals surface area contributed by atoms with Gasteiger partial charge in [0.15, 0.2) is 0 Å². The van der Waals surface area contributed by atoms with Crippen molar-refractivity contribution in [2.75, 3.05) is 12.3 Å². The van der Waals surface area contributed by atoms with Gasteiger partial charge in [0.1, 0.15) is 6.04 Å². The zero-order chi connectivity index (χ0) is 13.3. The van der Waals surface area contributed by atoms with Gasteiger partial charge in [0.2, 0.25) is 5.95 Å². The van der Waals surface area contributed by atoms with Crippen LogP contribution in [0.3, 0.4) is 0 Å². The Morgan fingerprint density at radius 3 is 3.00 bits per heavy atom. The van der Waals surface area contributed by atoms with Gasteiger partial charge < -0.3 is 10.5 Å². The van der Waals surface area contributed by atoms with Crippen molar-refractivity contribution in [1.82, 2.24) is 9.55 Å². The van der Waals surface area contributed by atoms with Gasteiger partial charge in [-0.05, 0) is 32.0 Å². The molecule has 1 atom stereocenters. The van der Waals surface area contributed by atoms with E-state index in [9.17, 15) is 4.79 Å². The summed E-state index contributed by atoms with van der Waals surface area (Å²) in [4.78, 5) is 16.0. The molecular weight excluding hydrogens is 298 g/mol. The molecule has 0 bridgehead atoms. The molecule has 0 saturated carbocycles. The highest BCUT2D eigenvalue weighted by Crippen LogP contribution is 2.25. The third-order valence-corrected chi connectivity index (χ3v) is 3.19. The fraction of sp³-hybridized carbons (Fsp3) is 0.333. The number of hydrogen-bond acceptors (Lipinski definition) is 4. The zero-order valence-electron chi connectivity index (χ0n) is 10.2. The Labute approximate surface area is 113 Å². The third-order valence-electron chi connectivity index (χ3n) is 2.69. The van der Waals surface area contributed by atoms with Crippen LogP contribution in [-0.4, -0.2) is 22.1 Å². The van der Waals surface area contributed by atoms with E-state index in [1.807, 2.05) is 18.2 Å². The molecule has 0 aliphatic rings. The summed E-state index contributed by atoms with van der Waals surface area (Å²) < 4.78 is 7.60. The molecule has 18 heavy (non-hydrogen) atoms. The van der Waals surface area contributed by atoms with Crippen molar-refractivity contribution in [2.24, 2.45) is 0 Å². The number of carbonyl (C=O) groups excluding carboxylic acids is 1. The second kappa shape index (κ2) is 4.97. The molecule has 0 aliphatic heterocycles. The monoisotopic (exact) mass is 311 g/mol. The van der Waals surface area contributed by atoms with E-state index in [0.717, 1.165) is 15.5 Å². The minimum atomic E-state index is -0.490. The summed E-state index contributed by atoms with van der Waals surface area (Å²) in [5.74, 6) is -0.00456. The summed E-state index contributed by atoms with van der Waals surface area (Å²) in [5, 5.41) is 0. The Kier molecular flexibility index (Phi) is 3.56. The van der Waals surface area contributed by atoms with E-state index < -0.39 is 6.04 Å². The zero-order valence-corrected chi connectivity index (χ0v) is 11.8. The van der Waals surface area contributed by atoms with Crippen LogP contribution in [0.1, 0.15) is 19.9 Å². The Morgan fingerprint density at radius 1 is 1.61 bits per heavy atom. The van der Waals surface area contributed by atoms with Gasteiger partial charge in [0, 0.05) is 4.47 Å². The topological polar surface area (TPSA) is 70.1 Å². The van der Waals surface area contributed by atoms with Gasteiger partial charge in [-0.25, -0.2) is 9.78 Å². The lowest BCUT2D eigenvalue weighted by atomic mass is 10.3. The highest BCUT2D eigenvalue weighted by atomic mass is 79.9. The average molecular weight is 312 g/mol. The highest BCUT2D eigenvalue weighted by molar-refractivity contribution is 9.10. The van der Waals surface area contributed by atoms with Crippen molar-refractivity contribution in [2.45, 2.75) is 19.9 Å². The number of esters is 1. The molecule has 0 fully saturated rings. The van der Waals surface area contributed by atoms with Crippen molar-refractivity contribution in [1.29, 1.82) is 0 Å². The third kappa shape index (κ3) is 2.20. The van der Waals surface area contributed by atoms with Crippen molar-refractivity contribution >= 4 is 38.9 Å². The first-order valence-corrected chi connectivity index (χ1v) is 6.43. The lowest BCUT2D eigenvalue weighted by Gasteiger charge is -2.14. The molecule has 96 valence electrons. The molecule has 1 heterocycles. The minimum Gasteiger partial charge on any atom is -0.464 e. The number of nitrogens with zero attached hydrogens (tertiary/aromatic N) is 2. The molecule has 0 amide bonds. The standard InChI is InChI=1S/C12H14BrN3O2/c1-3-18-11(17)7(2)16-10-5-4-8(13)6-9(10)15-12(16)14/h4-7H,3H2,1-2H3,(H2,14,15). The second-order valence-corrected chi connectivity index (χ2v) is 4.82. The molecule has 0 spiro atoms. The molecule has 1 aromatic heterocycles. The Hall–Kier alpha value is -1.56. The smallest absolute Gasteiger partial charge is 0.328 e. The SMILES string of the molecule is CCOC(=O)C(C)n1c(N)nc2cc(Br)ccc21. The van der Waals surface area contributed by atoms with Crippen molar-refractivity contribution in [3.05, 3.63) is 22.7 Å². The van der Waals surface area contributed by atoms with Gasteiger partial charge in [-0.3, -0.25) is 4.57 Å². The van der Waals surface area contributed by atoms with Crippen LogP contribution in [0.25, 0.3) is 11.0 Å². The van der Waals surface area contributed by atoms with Crippen LogP contribution in [0, 0.1) is 0 Å². The summed E-state index contributed by atoms with van der Waals surface area (Å²) >= 11 is 3.38. The van der Waals surface area contributed by atoms with E-state index in [2.05, 4.69) is 20.9 Å². The van der Waals surface area contributed by atoms with E-state index in [1.54, 1.807) is 18.4 Å². The Balaban J connectivity index is 2.50. The van der Waals surface area contributed by atoms with Crippen LogP contribution >= 0.6 is 15.9 Å². The van der Waals surface area contributed by atoms with Crippen molar-refractivity contribution < 1.29 is 9.53 Å². The maximum atomic E-state index is 11.8. The maximum Gasteiger partial charge on any atom is 0.328 e. The number of fused-ring (bicyclic) bond motifs is 1. The van der Waals surface area contributed by atoms with Gasteiger partial charge in [0.05, 0.1) is 17.6 Å². The van der Waals surface area contributed by atoms with Crippen LogP contribution < -0.4 is 5.73 Å². The number of halogens is 1. The lowest BCUT2D eigenvalue weighted by molar-refractivity contribution is -0.146.